The smallest absolute Gasteiger partial charge is 0.205 e. The van der Waals surface area contributed by atoms with Crippen molar-refractivity contribution in [3.8, 4) is 0 Å². The molecule has 0 aromatic rings. The lowest BCUT2D eigenvalue weighted by atomic mass is 10.4. The van der Waals surface area contributed by atoms with Gasteiger partial charge in [0.2, 0.25) is 5.96 Å². The van der Waals surface area contributed by atoms with Crippen molar-refractivity contribution in [3.63, 3.8) is 0 Å². The first-order chi connectivity index (χ1) is 4.34. The first-order valence-corrected chi connectivity index (χ1v) is 3.14. The molecule has 52 valence electrons. The van der Waals surface area contributed by atoms with Gasteiger partial charge < -0.3 is 4.90 Å². The fourth-order valence-corrected chi connectivity index (χ4v) is 1.03. The monoisotopic (exact) mass is 128 g/mol. The highest BCUT2D eigenvalue weighted by Gasteiger charge is 2.12. The molecule has 0 unspecified atom stereocenters. The fourth-order valence-electron chi connectivity index (χ4n) is 1.03. The third-order valence-electron chi connectivity index (χ3n) is 1.56. The van der Waals surface area contributed by atoms with Crippen LogP contribution in [0.4, 0.5) is 0 Å². The van der Waals surface area contributed by atoms with Crippen molar-refractivity contribution in [3.05, 3.63) is 0 Å². The van der Waals surface area contributed by atoms with Gasteiger partial charge in [-0.1, -0.05) is 0 Å². The zero-order chi connectivity index (χ0) is 6.69. The summed E-state index contributed by atoms with van der Waals surface area (Å²) in [5, 5.41) is 7.22. The van der Waals surface area contributed by atoms with Crippen LogP contribution < -0.4 is 11.3 Å². The van der Waals surface area contributed by atoms with E-state index in [-0.39, 0.29) is 0 Å². The number of hydrogen-bond acceptors (Lipinski definition) is 2. The maximum atomic E-state index is 7.22. The van der Waals surface area contributed by atoms with Crippen molar-refractivity contribution in [2.75, 3.05) is 13.1 Å². The summed E-state index contributed by atoms with van der Waals surface area (Å²) in [6.07, 6.45) is 2.37. The Morgan fingerprint density at radius 1 is 1.44 bits per heavy atom. The molecule has 0 aliphatic carbocycles. The van der Waals surface area contributed by atoms with Crippen LogP contribution in [0.2, 0.25) is 0 Å². The molecular weight excluding hydrogens is 116 g/mol. The van der Waals surface area contributed by atoms with Gasteiger partial charge in [-0.15, -0.1) is 0 Å². The topological polar surface area (TPSA) is 65.1 Å². The number of nitrogens with two attached hydrogens (primary N) is 1. The average Bonchev–Trinajstić information content (AvgIpc) is 2.37. The Morgan fingerprint density at radius 3 is 2.44 bits per heavy atom. The number of likely N-dealkylation sites (tertiary alicyclic amines) is 1. The fraction of sp³-hybridized carbons (Fsp3) is 0.800. The maximum absolute atomic E-state index is 7.22. The quantitative estimate of drug-likeness (QED) is 0.178. The van der Waals surface area contributed by atoms with Crippen LogP contribution in [0, 0.1) is 5.41 Å². The number of nitrogens with one attached hydrogen (secondary N) is 2. The zero-order valence-electron chi connectivity index (χ0n) is 5.35. The van der Waals surface area contributed by atoms with Crippen LogP contribution >= 0.6 is 0 Å². The van der Waals surface area contributed by atoms with E-state index < -0.39 is 0 Å². The number of hydrogen-bond donors (Lipinski definition) is 3. The highest BCUT2D eigenvalue weighted by atomic mass is 15.4. The summed E-state index contributed by atoms with van der Waals surface area (Å²) in [5.41, 5.74) is 2.32. The van der Waals surface area contributed by atoms with Gasteiger partial charge in [0.25, 0.3) is 0 Å². The molecule has 0 atom stereocenters. The van der Waals surface area contributed by atoms with Crippen molar-refractivity contribution in [2.24, 2.45) is 5.84 Å². The second kappa shape index (κ2) is 2.68. The summed E-state index contributed by atoms with van der Waals surface area (Å²) in [6.45, 7) is 1.95. The first kappa shape index (κ1) is 6.35. The zero-order valence-corrected chi connectivity index (χ0v) is 5.35. The van der Waals surface area contributed by atoms with Crippen molar-refractivity contribution in [1.29, 1.82) is 5.41 Å². The predicted molar refractivity (Wildman–Crippen MR) is 35.9 cm³/mol. The summed E-state index contributed by atoms with van der Waals surface area (Å²) in [6, 6.07) is 0. The van der Waals surface area contributed by atoms with Gasteiger partial charge in [-0.3, -0.25) is 10.8 Å². The van der Waals surface area contributed by atoms with Crippen molar-refractivity contribution >= 4 is 5.96 Å². The molecule has 9 heavy (non-hydrogen) atoms. The van der Waals surface area contributed by atoms with E-state index in [2.05, 4.69) is 5.43 Å². The molecule has 0 aromatic carbocycles. The Hall–Kier alpha value is -0.770. The molecule has 0 aromatic heterocycles. The standard InChI is InChI=1S/C5H12N4/c6-5(8-7)9-3-1-2-4-9/h1-4,7H2,(H2,6,8). The molecule has 1 fully saturated rings. The van der Waals surface area contributed by atoms with Crippen LogP contribution in [0.25, 0.3) is 0 Å². The normalized spacial score (nSPS) is 18.1. The number of hydrazine groups is 1. The van der Waals surface area contributed by atoms with E-state index in [9.17, 15) is 0 Å². The molecule has 1 aliphatic heterocycles. The molecule has 4 N–H and O–H groups in total. The van der Waals surface area contributed by atoms with Crippen LogP contribution in [0.1, 0.15) is 12.8 Å². The predicted octanol–water partition coefficient (Wildman–Crippen LogP) is -0.520. The minimum absolute atomic E-state index is 0.340. The van der Waals surface area contributed by atoms with Crippen LogP contribution in [0.5, 0.6) is 0 Å². The van der Waals surface area contributed by atoms with E-state index in [4.69, 9.17) is 11.3 Å². The molecule has 1 heterocycles. The molecule has 1 rings (SSSR count). The summed E-state index contributed by atoms with van der Waals surface area (Å²) < 4.78 is 0. The van der Waals surface area contributed by atoms with Gasteiger partial charge in [0.15, 0.2) is 0 Å². The van der Waals surface area contributed by atoms with Gasteiger partial charge in [-0.2, -0.15) is 0 Å². The Bertz CT molecular complexity index is 106. The molecule has 0 amide bonds. The Morgan fingerprint density at radius 2 is 2.00 bits per heavy atom. The summed E-state index contributed by atoms with van der Waals surface area (Å²) >= 11 is 0. The molecule has 0 bridgehead atoms. The van der Waals surface area contributed by atoms with E-state index >= 15 is 0 Å². The van der Waals surface area contributed by atoms with Gasteiger partial charge in [-0.25, -0.2) is 5.84 Å². The second-order valence-corrected chi connectivity index (χ2v) is 2.19. The summed E-state index contributed by atoms with van der Waals surface area (Å²) in [4.78, 5) is 1.93. The molecule has 0 spiro atoms. The van der Waals surface area contributed by atoms with E-state index in [0.717, 1.165) is 13.1 Å². The van der Waals surface area contributed by atoms with E-state index in [1.807, 2.05) is 4.90 Å². The van der Waals surface area contributed by atoms with Gasteiger partial charge in [-0.05, 0) is 12.8 Å². The largest absolute Gasteiger partial charge is 0.342 e. The third kappa shape index (κ3) is 1.32. The van der Waals surface area contributed by atoms with Crippen molar-refractivity contribution < 1.29 is 0 Å². The Balaban J connectivity index is 2.32. The molecular formula is C5H12N4. The highest BCUT2D eigenvalue weighted by Crippen LogP contribution is 2.05. The lowest BCUT2D eigenvalue weighted by Gasteiger charge is -2.16. The van der Waals surface area contributed by atoms with E-state index in [0.29, 0.717) is 5.96 Å². The van der Waals surface area contributed by atoms with E-state index in [1.165, 1.54) is 12.8 Å². The van der Waals surface area contributed by atoms with Crippen LogP contribution in [0.15, 0.2) is 0 Å². The average molecular weight is 128 g/mol. The molecule has 4 nitrogen and oxygen atoms in total. The number of guanidine groups is 1. The maximum Gasteiger partial charge on any atom is 0.205 e. The minimum Gasteiger partial charge on any atom is -0.342 e. The lowest BCUT2D eigenvalue weighted by Crippen LogP contribution is -2.42. The van der Waals surface area contributed by atoms with Gasteiger partial charge in [0.1, 0.15) is 0 Å². The van der Waals surface area contributed by atoms with Gasteiger partial charge in [0.05, 0.1) is 0 Å². The molecule has 1 aliphatic rings. The van der Waals surface area contributed by atoms with Crippen LogP contribution in [-0.4, -0.2) is 23.9 Å². The second-order valence-electron chi connectivity index (χ2n) is 2.19. The molecule has 4 heteroatoms. The highest BCUT2D eigenvalue weighted by molar-refractivity contribution is 5.76. The SMILES string of the molecule is N=C(NN)N1CCCC1. The van der Waals surface area contributed by atoms with Crippen LogP contribution in [0.3, 0.4) is 0 Å². The molecule has 1 saturated heterocycles. The van der Waals surface area contributed by atoms with Crippen LogP contribution in [-0.2, 0) is 0 Å². The lowest BCUT2D eigenvalue weighted by molar-refractivity contribution is 0.493. The van der Waals surface area contributed by atoms with Crippen molar-refractivity contribution in [2.45, 2.75) is 12.8 Å². The Labute approximate surface area is 54.5 Å². The Kier molecular flexibility index (Phi) is 1.89. The third-order valence-corrected chi connectivity index (χ3v) is 1.56. The number of nitrogens with zero attached hydrogens (tertiary/aromatic N) is 1. The minimum atomic E-state index is 0.340. The summed E-state index contributed by atoms with van der Waals surface area (Å²) in [5.74, 6) is 5.38. The number of rotatable bonds is 0. The van der Waals surface area contributed by atoms with Gasteiger partial charge >= 0.3 is 0 Å². The summed E-state index contributed by atoms with van der Waals surface area (Å²) in [7, 11) is 0. The van der Waals surface area contributed by atoms with E-state index in [1.54, 1.807) is 0 Å². The molecule has 0 saturated carbocycles. The first-order valence-electron chi connectivity index (χ1n) is 3.14. The molecule has 0 radical (unpaired) electrons. The van der Waals surface area contributed by atoms with Gasteiger partial charge in [0, 0.05) is 13.1 Å². The van der Waals surface area contributed by atoms with Crippen molar-refractivity contribution in [1.82, 2.24) is 10.3 Å².